The molecule has 1 aliphatic heterocycles. The van der Waals surface area contributed by atoms with E-state index in [2.05, 4.69) is 34.1 Å². The summed E-state index contributed by atoms with van der Waals surface area (Å²) >= 11 is 0. The number of rotatable bonds is 4. The Morgan fingerprint density at radius 3 is 1.78 bits per heavy atom. The van der Waals surface area contributed by atoms with E-state index < -0.39 is 0 Å². The lowest BCUT2D eigenvalue weighted by molar-refractivity contribution is -0.122. The van der Waals surface area contributed by atoms with Gasteiger partial charge in [0.1, 0.15) is 0 Å². The van der Waals surface area contributed by atoms with Crippen molar-refractivity contribution in [2.75, 3.05) is 18.0 Å². The normalized spacial score (nSPS) is 14.9. The van der Waals surface area contributed by atoms with Gasteiger partial charge >= 0.3 is 0 Å². The Bertz CT molecular complexity index is 859. The van der Waals surface area contributed by atoms with Crippen LogP contribution in [-0.4, -0.2) is 24.0 Å². The second-order valence-electron chi connectivity index (χ2n) is 6.98. The predicted octanol–water partition coefficient (Wildman–Crippen LogP) is 4.12. The molecule has 0 radical (unpaired) electrons. The number of primary amides is 1. The summed E-state index contributed by atoms with van der Waals surface area (Å²) < 4.78 is 0. The van der Waals surface area contributed by atoms with Gasteiger partial charge in [0.15, 0.2) is 0 Å². The zero-order valence-electron chi connectivity index (χ0n) is 15.2. The first kappa shape index (κ1) is 17.3. The third-order valence-corrected chi connectivity index (χ3v) is 5.30. The van der Waals surface area contributed by atoms with Gasteiger partial charge in [-0.2, -0.15) is 0 Å². The van der Waals surface area contributed by atoms with Crippen molar-refractivity contribution >= 4 is 11.6 Å². The Labute approximate surface area is 159 Å². The van der Waals surface area contributed by atoms with Crippen LogP contribution in [0.25, 0.3) is 22.3 Å². The van der Waals surface area contributed by atoms with Gasteiger partial charge in [-0.3, -0.25) is 9.78 Å². The van der Waals surface area contributed by atoms with E-state index in [4.69, 9.17) is 5.73 Å². The van der Waals surface area contributed by atoms with Gasteiger partial charge in [-0.25, -0.2) is 0 Å². The molecule has 4 heteroatoms. The van der Waals surface area contributed by atoms with Crippen LogP contribution < -0.4 is 10.6 Å². The Hall–Kier alpha value is -3.14. The molecule has 2 N–H and O–H groups in total. The number of nitrogens with zero attached hydrogens (tertiary/aromatic N) is 2. The zero-order valence-corrected chi connectivity index (χ0v) is 15.2. The van der Waals surface area contributed by atoms with Gasteiger partial charge in [0.25, 0.3) is 0 Å². The summed E-state index contributed by atoms with van der Waals surface area (Å²) in [5, 5.41) is 0. The van der Waals surface area contributed by atoms with E-state index in [9.17, 15) is 4.79 Å². The Kier molecular flexibility index (Phi) is 4.88. The first-order valence-electron chi connectivity index (χ1n) is 9.37. The predicted molar refractivity (Wildman–Crippen MR) is 109 cm³/mol. The molecule has 0 spiro atoms. The Balaban J connectivity index is 1.81. The number of amides is 1. The zero-order chi connectivity index (χ0) is 18.6. The van der Waals surface area contributed by atoms with Crippen LogP contribution in [0.5, 0.6) is 0 Å². The highest BCUT2D eigenvalue weighted by Gasteiger charge is 2.26. The van der Waals surface area contributed by atoms with Gasteiger partial charge in [-0.05, 0) is 24.0 Å². The third-order valence-electron chi connectivity index (χ3n) is 5.30. The maximum Gasteiger partial charge on any atom is 0.220 e. The quantitative estimate of drug-likeness (QED) is 0.764. The maximum atomic E-state index is 11.6. The van der Waals surface area contributed by atoms with Crippen LogP contribution in [0.2, 0.25) is 0 Å². The fourth-order valence-electron chi connectivity index (χ4n) is 3.84. The highest BCUT2D eigenvalue weighted by molar-refractivity contribution is 5.90. The molecule has 4 rings (SSSR count). The lowest BCUT2D eigenvalue weighted by Crippen LogP contribution is -2.39. The van der Waals surface area contributed by atoms with Crippen LogP contribution >= 0.6 is 0 Å². The van der Waals surface area contributed by atoms with Crippen molar-refractivity contribution in [2.24, 2.45) is 11.7 Å². The molecule has 3 aromatic rings. The van der Waals surface area contributed by atoms with Crippen molar-refractivity contribution in [1.82, 2.24) is 4.98 Å². The number of piperidine rings is 1. The van der Waals surface area contributed by atoms with Crippen LogP contribution in [0.1, 0.15) is 12.8 Å². The summed E-state index contributed by atoms with van der Waals surface area (Å²) in [7, 11) is 0. The SMILES string of the molecule is NC(=O)C1CCN(c2c(-c3ccccc3)cncc2-c2ccccc2)CC1. The van der Waals surface area contributed by atoms with Crippen molar-refractivity contribution < 1.29 is 4.79 Å². The minimum absolute atomic E-state index is 0.0246. The van der Waals surface area contributed by atoms with E-state index in [-0.39, 0.29) is 11.8 Å². The molecule has 2 heterocycles. The van der Waals surface area contributed by atoms with Crippen LogP contribution in [0.15, 0.2) is 73.1 Å². The minimum atomic E-state index is -0.184. The summed E-state index contributed by atoms with van der Waals surface area (Å²) in [6.07, 6.45) is 5.47. The Morgan fingerprint density at radius 2 is 1.33 bits per heavy atom. The number of carbonyl (C=O) groups excluding carboxylic acids is 1. The van der Waals surface area contributed by atoms with Crippen LogP contribution in [0, 0.1) is 5.92 Å². The highest BCUT2D eigenvalue weighted by Crippen LogP contribution is 2.40. The molecule has 1 fully saturated rings. The molecule has 0 unspecified atom stereocenters. The number of aromatic nitrogens is 1. The molecule has 1 aromatic heterocycles. The summed E-state index contributed by atoms with van der Waals surface area (Å²) in [5.74, 6) is -0.209. The summed E-state index contributed by atoms with van der Waals surface area (Å²) in [4.78, 5) is 18.5. The fourth-order valence-corrected chi connectivity index (χ4v) is 3.84. The van der Waals surface area contributed by atoms with Crippen molar-refractivity contribution in [1.29, 1.82) is 0 Å². The molecule has 4 nitrogen and oxygen atoms in total. The maximum absolute atomic E-state index is 11.6. The summed E-state index contributed by atoms with van der Waals surface area (Å²) in [6, 6.07) is 20.7. The molecule has 0 atom stereocenters. The van der Waals surface area contributed by atoms with E-state index in [1.807, 2.05) is 48.8 Å². The lowest BCUT2D eigenvalue weighted by Gasteiger charge is -2.35. The molecule has 1 amide bonds. The molecule has 2 aromatic carbocycles. The molecule has 1 aliphatic rings. The fraction of sp³-hybridized carbons (Fsp3) is 0.217. The van der Waals surface area contributed by atoms with E-state index in [0.717, 1.165) is 48.2 Å². The molecular formula is C23H23N3O. The second-order valence-corrected chi connectivity index (χ2v) is 6.98. The topological polar surface area (TPSA) is 59.2 Å². The van der Waals surface area contributed by atoms with Crippen LogP contribution in [0.3, 0.4) is 0 Å². The third kappa shape index (κ3) is 3.56. The van der Waals surface area contributed by atoms with E-state index >= 15 is 0 Å². The summed E-state index contributed by atoms with van der Waals surface area (Å²) in [6.45, 7) is 1.63. The molecule has 0 aliphatic carbocycles. The summed E-state index contributed by atoms with van der Waals surface area (Å²) in [5.41, 5.74) is 11.2. The van der Waals surface area contributed by atoms with Crippen molar-refractivity contribution in [3.8, 4) is 22.3 Å². The van der Waals surface area contributed by atoms with Gasteiger partial charge in [0.2, 0.25) is 5.91 Å². The van der Waals surface area contributed by atoms with Crippen molar-refractivity contribution in [3.63, 3.8) is 0 Å². The number of hydrogen-bond donors (Lipinski definition) is 1. The molecule has 27 heavy (non-hydrogen) atoms. The van der Waals surface area contributed by atoms with E-state index in [0.29, 0.717) is 0 Å². The molecular weight excluding hydrogens is 334 g/mol. The number of pyridine rings is 1. The Morgan fingerprint density at radius 1 is 0.852 bits per heavy atom. The molecule has 136 valence electrons. The van der Waals surface area contributed by atoms with Crippen LogP contribution in [0.4, 0.5) is 5.69 Å². The van der Waals surface area contributed by atoms with E-state index in [1.165, 1.54) is 5.69 Å². The number of hydrogen-bond acceptors (Lipinski definition) is 3. The highest BCUT2D eigenvalue weighted by atomic mass is 16.1. The van der Waals surface area contributed by atoms with Gasteiger partial charge < -0.3 is 10.6 Å². The van der Waals surface area contributed by atoms with Crippen LogP contribution in [-0.2, 0) is 4.79 Å². The number of anilines is 1. The van der Waals surface area contributed by atoms with Crippen molar-refractivity contribution in [2.45, 2.75) is 12.8 Å². The van der Waals surface area contributed by atoms with E-state index in [1.54, 1.807) is 0 Å². The first-order chi connectivity index (χ1) is 13.2. The average Bonchev–Trinajstić information content (AvgIpc) is 2.74. The monoisotopic (exact) mass is 357 g/mol. The molecule has 1 saturated heterocycles. The second kappa shape index (κ2) is 7.62. The smallest absolute Gasteiger partial charge is 0.220 e. The number of nitrogens with two attached hydrogens (primary N) is 1. The largest absolute Gasteiger partial charge is 0.370 e. The number of benzene rings is 2. The van der Waals surface area contributed by atoms with Gasteiger partial charge in [-0.1, -0.05) is 60.7 Å². The van der Waals surface area contributed by atoms with Gasteiger partial charge in [0, 0.05) is 42.5 Å². The molecule has 0 saturated carbocycles. The van der Waals surface area contributed by atoms with Gasteiger partial charge in [-0.15, -0.1) is 0 Å². The molecule has 0 bridgehead atoms. The van der Waals surface area contributed by atoms with Gasteiger partial charge in [0.05, 0.1) is 5.69 Å². The number of carbonyl (C=O) groups is 1. The minimum Gasteiger partial charge on any atom is -0.370 e. The van der Waals surface area contributed by atoms with Crippen molar-refractivity contribution in [3.05, 3.63) is 73.1 Å². The average molecular weight is 357 g/mol. The lowest BCUT2D eigenvalue weighted by atomic mass is 9.92. The first-order valence-corrected chi connectivity index (χ1v) is 9.37. The standard InChI is InChI=1S/C23H23N3O/c24-23(27)19-11-13-26(14-12-19)22-20(17-7-3-1-4-8-17)15-25-16-21(22)18-9-5-2-6-10-18/h1-10,15-16,19H,11-14H2,(H2,24,27).